The molecular weight excluding hydrogens is 408 g/mol. The van der Waals surface area contributed by atoms with Gasteiger partial charge in [-0.15, -0.1) is 0 Å². The summed E-state index contributed by atoms with van der Waals surface area (Å²) in [5.74, 6) is 1.32. The molecule has 158 valence electrons. The van der Waals surface area contributed by atoms with Crippen LogP contribution in [0.2, 0.25) is 0 Å². The molecule has 31 heavy (non-hydrogen) atoms. The molecule has 0 spiro atoms. The summed E-state index contributed by atoms with van der Waals surface area (Å²) in [5, 5.41) is 2.93. The first-order valence-corrected chi connectivity index (χ1v) is 11.7. The van der Waals surface area contributed by atoms with Crippen LogP contribution in [0.1, 0.15) is 29.8 Å². The van der Waals surface area contributed by atoms with Crippen molar-refractivity contribution in [3.63, 3.8) is 0 Å². The number of thioether (sulfide) groups is 1. The number of aromatic nitrogens is 2. The second-order valence-corrected chi connectivity index (χ2v) is 9.55. The van der Waals surface area contributed by atoms with Crippen molar-refractivity contribution in [2.24, 2.45) is 4.99 Å². The van der Waals surface area contributed by atoms with Gasteiger partial charge in [-0.25, -0.2) is 9.98 Å². The molecule has 1 aromatic heterocycles. The Morgan fingerprint density at radius 2 is 2.00 bits per heavy atom. The van der Waals surface area contributed by atoms with Gasteiger partial charge in [0.25, 0.3) is 11.5 Å². The van der Waals surface area contributed by atoms with Gasteiger partial charge in [0.2, 0.25) is 0 Å². The van der Waals surface area contributed by atoms with E-state index in [-0.39, 0.29) is 11.5 Å². The van der Waals surface area contributed by atoms with Crippen LogP contribution in [0.15, 0.2) is 46.2 Å². The van der Waals surface area contributed by atoms with Gasteiger partial charge in [-0.05, 0) is 56.1 Å². The third kappa shape index (κ3) is 4.34. The molecule has 0 aliphatic carbocycles. The SMILES string of the molecule is Cc1cccc2c(=O)[nH]c(CSC3CCN(Cc4ccc5c(c4)=NC(=O)C=5)CC3)nc12. The lowest BCUT2D eigenvalue weighted by molar-refractivity contribution is -0.112. The summed E-state index contributed by atoms with van der Waals surface area (Å²) in [5.41, 5.74) is 2.98. The number of likely N-dealkylation sites (tertiary alicyclic amines) is 1. The standard InChI is InChI=1S/C24H24N4O2S/c1-15-3-2-4-19-23(15)26-21(27-24(19)30)14-31-18-7-9-28(10-8-18)13-16-5-6-17-12-22(29)25-20(17)11-16/h2-6,11-12,18H,7-10,13-14H2,1H3,(H,26,27,30). The van der Waals surface area contributed by atoms with Crippen LogP contribution < -0.4 is 16.1 Å². The summed E-state index contributed by atoms with van der Waals surface area (Å²) in [6.07, 6.45) is 3.81. The summed E-state index contributed by atoms with van der Waals surface area (Å²) in [4.78, 5) is 38.0. The fourth-order valence-corrected chi connectivity index (χ4v) is 5.37. The van der Waals surface area contributed by atoms with E-state index in [2.05, 4.69) is 20.9 Å². The third-order valence-corrected chi connectivity index (χ3v) is 7.37. The second-order valence-electron chi connectivity index (χ2n) is 8.26. The van der Waals surface area contributed by atoms with E-state index >= 15 is 0 Å². The van der Waals surface area contributed by atoms with E-state index in [1.807, 2.05) is 49.0 Å². The molecule has 0 radical (unpaired) electrons. The predicted octanol–water partition coefficient (Wildman–Crippen LogP) is 2.07. The molecule has 2 aliphatic heterocycles. The van der Waals surface area contributed by atoms with Gasteiger partial charge in [-0.1, -0.05) is 24.3 Å². The maximum absolute atomic E-state index is 12.4. The van der Waals surface area contributed by atoms with E-state index in [1.165, 1.54) is 5.56 Å². The third-order valence-electron chi connectivity index (χ3n) is 5.99. The largest absolute Gasteiger partial charge is 0.309 e. The molecule has 0 bridgehead atoms. The first-order chi connectivity index (χ1) is 15.0. The first kappa shape index (κ1) is 20.2. The van der Waals surface area contributed by atoms with E-state index in [0.717, 1.165) is 65.7 Å². The molecule has 7 heteroatoms. The Hall–Kier alpha value is -2.77. The Bertz CT molecular complexity index is 1340. The number of amides is 1. The fourth-order valence-electron chi connectivity index (χ4n) is 4.30. The maximum Gasteiger partial charge on any atom is 0.270 e. The normalized spacial score (nSPS) is 16.9. The van der Waals surface area contributed by atoms with Crippen LogP contribution in [0.4, 0.5) is 0 Å². The summed E-state index contributed by atoms with van der Waals surface area (Å²) in [7, 11) is 0. The van der Waals surface area contributed by atoms with Crippen LogP contribution in [0, 0.1) is 6.92 Å². The second kappa shape index (κ2) is 8.40. The molecule has 0 saturated carbocycles. The smallest absolute Gasteiger partial charge is 0.270 e. The van der Waals surface area contributed by atoms with Crippen molar-refractivity contribution in [3.8, 4) is 0 Å². The zero-order valence-corrected chi connectivity index (χ0v) is 18.2. The topological polar surface area (TPSA) is 78.4 Å². The zero-order chi connectivity index (χ0) is 21.4. The Morgan fingerprint density at radius 3 is 2.84 bits per heavy atom. The van der Waals surface area contributed by atoms with Crippen LogP contribution in [-0.4, -0.2) is 39.1 Å². The van der Waals surface area contributed by atoms with E-state index < -0.39 is 0 Å². The average molecular weight is 433 g/mol. The van der Waals surface area contributed by atoms with Gasteiger partial charge < -0.3 is 4.98 Å². The first-order valence-electron chi connectivity index (χ1n) is 10.6. The molecule has 0 atom stereocenters. The van der Waals surface area contributed by atoms with Crippen LogP contribution in [0.3, 0.4) is 0 Å². The lowest BCUT2D eigenvalue weighted by Crippen LogP contribution is -2.35. The van der Waals surface area contributed by atoms with Gasteiger partial charge in [0.05, 0.1) is 22.0 Å². The molecule has 1 saturated heterocycles. The number of piperidine rings is 1. The molecule has 6 nitrogen and oxygen atoms in total. The minimum Gasteiger partial charge on any atom is -0.309 e. The fraction of sp³-hybridized carbons (Fsp3) is 0.333. The van der Waals surface area contributed by atoms with E-state index in [1.54, 1.807) is 6.08 Å². The highest BCUT2D eigenvalue weighted by molar-refractivity contribution is 7.99. The van der Waals surface area contributed by atoms with Crippen LogP contribution >= 0.6 is 11.8 Å². The number of rotatable bonds is 5. The molecule has 2 aromatic carbocycles. The summed E-state index contributed by atoms with van der Waals surface area (Å²) in [6.45, 7) is 4.95. The van der Waals surface area contributed by atoms with Gasteiger partial charge in [0.15, 0.2) is 0 Å². The van der Waals surface area contributed by atoms with Gasteiger partial charge in [-0.3, -0.25) is 14.5 Å². The lowest BCUT2D eigenvalue weighted by Gasteiger charge is -2.31. The molecule has 1 fully saturated rings. The highest BCUT2D eigenvalue weighted by Crippen LogP contribution is 2.26. The number of benzene rings is 2. The molecule has 0 unspecified atom stereocenters. The Balaban J connectivity index is 1.17. The molecule has 3 aromatic rings. The number of hydrogen-bond donors (Lipinski definition) is 1. The highest BCUT2D eigenvalue weighted by Gasteiger charge is 2.20. The number of hydrogen-bond acceptors (Lipinski definition) is 5. The van der Waals surface area contributed by atoms with Crippen molar-refractivity contribution in [1.82, 2.24) is 14.9 Å². The van der Waals surface area contributed by atoms with Crippen molar-refractivity contribution in [2.75, 3.05) is 13.1 Å². The number of para-hydroxylation sites is 1. The van der Waals surface area contributed by atoms with Crippen molar-refractivity contribution < 1.29 is 4.79 Å². The van der Waals surface area contributed by atoms with Crippen LogP contribution in [0.25, 0.3) is 17.0 Å². The molecule has 1 amide bonds. The van der Waals surface area contributed by atoms with E-state index in [9.17, 15) is 9.59 Å². The molecule has 3 heterocycles. The monoisotopic (exact) mass is 432 g/mol. The average Bonchev–Trinajstić information content (AvgIpc) is 3.13. The number of aromatic amines is 1. The lowest BCUT2D eigenvalue weighted by atomic mass is 10.1. The van der Waals surface area contributed by atoms with Crippen molar-refractivity contribution in [2.45, 2.75) is 37.3 Å². The summed E-state index contributed by atoms with van der Waals surface area (Å²) < 4.78 is 0. The summed E-state index contributed by atoms with van der Waals surface area (Å²) >= 11 is 1.88. The summed E-state index contributed by atoms with van der Waals surface area (Å²) in [6, 6.07) is 11.8. The number of aryl methyl sites for hydroxylation is 1. The Kier molecular flexibility index (Phi) is 5.46. The molecule has 5 rings (SSSR count). The van der Waals surface area contributed by atoms with Gasteiger partial charge in [0, 0.05) is 23.1 Å². The highest BCUT2D eigenvalue weighted by atomic mass is 32.2. The van der Waals surface area contributed by atoms with Gasteiger partial charge in [0.1, 0.15) is 5.82 Å². The van der Waals surface area contributed by atoms with E-state index in [0.29, 0.717) is 10.6 Å². The zero-order valence-electron chi connectivity index (χ0n) is 17.4. The van der Waals surface area contributed by atoms with Crippen molar-refractivity contribution in [1.29, 1.82) is 0 Å². The number of carbonyl (C=O) groups excluding carboxylic acids is 1. The number of H-pyrrole nitrogens is 1. The Morgan fingerprint density at radius 1 is 1.16 bits per heavy atom. The van der Waals surface area contributed by atoms with Gasteiger partial charge in [-0.2, -0.15) is 11.8 Å². The molecular formula is C24H24N4O2S. The van der Waals surface area contributed by atoms with E-state index in [4.69, 9.17) is 4.98 Å². The maximum atomic E-state index is 12.4. The number of carbonyl (C=O) groups is 1. The van der Waals surface area contributed by atoms with Gasteiger partial charge >= 0.3 is 0 Å². The predicted molar refractivity (Wildman–Crippen MR) is 123 cm³/mol. The van der Waals surface area contributed by atoms with Crippen LogP contribution in [0.5, 0.6) is 0 Å². The minimum atomic E-state index is -0.164. The van der Waals surface area contributed by atoms with Crippen LogP contribution in [-0.2, 0) is 17.1 Å². The van der Waals surface area contributed by atoms with Crippen molar-refractivity contribution in [3.05, 3.63) is 74.3 Å². The van der Waals surface area contributed by atoms with Crippen molar-refractivity contribution >= 4 is 34.6 Å². The molecule has 1 N–H and O–H groups in total. The number of nitrogens with zero attached hydrogens (tertiary/aromatic N) is 3. The number of fused-ring (bicyclic) bond motifs is 2. The quantitative estimate of drug-likeness (QED) is 0.668. The molecule has 2 aliphatic rings. The number of nitrogens with one attached hydrogen (secondary N) is 1. The Labute approximate surface area is 184 Å². The minimum absolute atomic E-state index is 0.0560.